The molecule has 1 N–H and O–H groups in total. The third kappa shape index (κ3) is 3.52. The second-order valence-electron chi connectivity index (χ2n) is 3.96. The van der Waals surface area contributed by atoms with Crippen molar-refractivity contribution in [3.8, 4) is 0 Å². The Kier molecular flexibility index (Phi) is 4.16. The molecule has 0 fully saturated rings. The summed E-state index contributed by atoms with van der Waals surface area (Å²) in [7, 11) is 0. The van der Waals surface area contributed by atoms with Crippen molar-refractivity contribution in [1.29, 1.82) is 0 Å². The Hall–Kier alpha value is -1.99. The smallest absolute Gasteiger partial charge is 0.322 e. The fourth-order valence-electron chi connectivity index (χ4n) is 1.43. The summed E-state index contributed by atoms with van der Waals surface area (Å²) in [5.41, 5.74) is -4.87. The Balaban J connectivity index is 3.46. The van der Waals surface area contributed by atoms with Gasteiger partial charge in [0.1, 0.15) is 0 Å². The van der Waals surface area contributed by atoms with Gasteiger partial charge in [-0.25, -0.2) is 0 Å². The summed E-state index contributed by atoms with van der Waals surface area (Å²) in [4.78, 5) is 11.3. The van der Waals surface area contributed by atoms with Gasteiger partial charge in [0.2, 0.25) is 0 Å². The van der Waals surface area contributed by atoms with E-state index in [1.54, 1.807) is 5.32 Å². The Morgan fingerprint density at radius 1 is 1.10 bits per heavy atom. The third-order valence-electron chi connectivity index (χ3n) is 2.29. The highest BCUT2D eigenvalue weighted by Crippen LogP contribution is 2.43. The van der Waals surface area contributed by atoms with Crippen molar-refractivity contribution in [3.63, 3.8) is 0 Å². The molecule has 0 saturated heterocycles. The summed E-state index contributed by atoms with van der Waals surface area (Å²) in [6, 6.07) is 1.84. The van der Waals surface area contributed by atoms with Gasteiger partial charge in [0.15, 0.2) is 0 Å². The van der Waals surface area contributed by atoms with Crippen molar-refractivity contribution in [2.24, 2.45) is 0 Å². The van der Waals surface area contributed by atoms with Crippen LogP contribution in [-0.4, -0.2) is 5.91 Å². The van der Waals surface area contributed by atoms with Crippen LogP contribution in [0.5, 0.6) is 0 Å². The zero-order chi connectivity index (χ0) is 15.7. The minimum absolute atomic E-state index is 0.129. The highest BCUT2D eigenvalue weighted by atomic mass is 19.4. The Morgan fingerprint density at radius 2 is 1.65 bits per heavy atom. The largest absolute Gasteiger partial charge is 0.419 e. The van der Waals surface area contributed by atoms with Gasteiger partial charge < -0.3 is 5.32 Å². The Labute approximate surface area is 110 Å². The number of carbonyl (C=O) groups is 1. The number of amides is 1. The van der Waals surface area contributed by atoms with E-state index in [2.05, 4.69) is 6.58 Å². The van der Waals surface area contributed by atoms with Crippen molar-refractivity contribution in [1.82, 2.24) is 0 Å². The average Bonchev–Trinajstić information content (AvgIpc) is 2.25. The molecule has 1 aromatic carbocycles. The van der Waals surface area contributed by atoms with E-state index in [4.69, 9.17) is 0 Å². The predicted octanol–water partition coefficient (Wildman–Crippen LogP) is 4.24. The number of nitrogens with one attached hydrogen (secondary N) is 1. The van der Waals surface area contributed by atoms with Crippen LogP contribution in [0.25, 0.3) is 0 Å². The van der Waals surface area contributed by atoms with Crippen LogP contribution in [0, 0.1) is 0 Å². The first kappa shape index (κ1) is 16.1. The van der Waals surface area contributed by atoms with Gasteiger partial charge in [0.25, 0.3) is 5.91 Å². The number of anilines is 1. The van der Waals surface area contributed by atoms with Crippen LogP contribution in [0.4, 0.5) is 32.0 Å². The summed E-state index contributed by atoms with van der Waals surface area (Å²) in [6.45, 7) is 4.42. The molecule has 8 heteroatoms. The molecule has 0 aliphatic heterocycles. The molecule has 1 rings (SSSR count). The summed E-state index contributed by atoms with van der Waals surface area (Å²) >= 11 is 0. The van der Waals surface area contributed by atoms with E-state index < -0.39 is 35.1 Å². The number of rotatable bonds is 2. The molecule has 110 valence electrons. The van der Waals surface area contributed by atoms with Crippen molar-refractivity contribution >= 4 is 11.6 Å². The highest BCUT2D eigenvalue weighted by molar-refractivity contribution is 6.03. The van der Waals surface area contributed by atoms with Crippen LogP contribution >= 0.6 is 0 Å². The maximum atomic E-state index is 12.8. The molecule has 0 aliphatic rings. The van der Waals surface area contributed by atoms with Gasteiger partial charge in [-0.05, 0) is 19.1 Å². The maximum Gasteiger partial charge on any atom is 0.419 e. The lowest BCUT2D eigenvalue weighted by Gasteiger charge is -2.19. The summed E-state index contributed by atoms with van der Waals surface area (Å²) in [5.74, 6) is -0.991. The topological polar surface area (TPSA) is 29.1 Å². The lowest BCUT2D eigenvalue weighted by molar-refractivity contribution is -0.161. The van der Waals surface area contributed by atoms with Crippen LogP contribution in [0.3, 0.4) is 0 Å². The summed E-state index contributed by atoms with van der Waals surface area (Å²) in [6.07, 6.45) is -10.4. The van der Waals surface area contributed by atoms with Crippen molar-refractivity contribution in [2.45, 2.75) is 19.3 Å². The number of hydrogen-bond donors (Lipinski definition) is 1. The monoisotopic (exact) mass is 297 g/mol. The van der Waals surface area contributed by atoms with E-state index in [0.29, 0.717) is 6.07 Å². The van der Waals surface area contributed by atoms with E-state index in [9.17, 15) is 31.1 Å². The molecule has 0 spiro atoms. The van der Waals surface area contributed by atoms with Gasteiger partial charge >= 0.3 is 12.4 Å². The van der Waals surface area contributed by atoms with Gasteiger partial charge in [0, 0.05) is 5.57 Å². The number of carbonyl (C=O) groups excluding carboxylic acids is 1. The van der Waals surface area contributed by atoms with Gasteiger partial charge in [-0.2, -0.15) is 26.3 Å². The number of alkyl halides is 6. The SMILES string of the molecule is C=C(C)C(=O)Nc1cccc(C(F)(F)F)c1C(F)(F)F. The van der Waals surface area contributed by atoms with Gasteiger partial charge in [-0.15, -0.1) is 0 Å². The summed E-state index contributed by atoms with van der Waals surface area (Å²) in [5, 5.41) is 1.77. The second-order valence-corrected chi connectivity index (χ2v) is 3.96. The molecule has 0 unspecified atom stereocenters. The second kappa shape index (κ2) is 5.18. The molecule has 0 atom stereocenters. The lowest BCUT2D eigenvalue weighted by atomic mass is 10.0. The molecule has 0 heterocycles. The van der Waals surface area contributed by atoms with Gasteiger partial charge in [-0.1, -0.05) is 12.6 Å². The first-order chi connectivity index (χ1) is 8.94. The highest BCUT2D eigenvalue weighted by Gasteiger charge is 2.45. The number of benzene rings is 1. The Bertz CT molecular complexity index is 544. The predicted molar refractivity (Wildman–Crippen MR) is 59.9 cm³/mol. The van der Waals surface area contributed by atoms with Gasteiger partial charge in [0.05, 0.1) is 16.8 Å². The maximum absolute atomic E-state index is 12.8. The van der Waals surface area contributed by atoms with Crippen molar-refractivity contribution in [2.75, 3.05) is 5.32 Å². The molecule has 0 bridgehead atoms. The molecular formula is C12H9F6NO. The number of halogens is 6. The van der Waals surface area contributed by atoms with Crippen LogP contribution < -0.4 is 5.32 Å². The lowest BCUT2D eigenvalue weighted by Crippen LogP contribution is -2.21. The molecule has 0 radical (unpaired) electrons. The molecule has 1 amide bonds. The number of hydrogen-bond acceptors (Lipinski definition) is 1. The first-order valence-corrected chi connectivity index (χ1v) is 5.19. The Morgan fingerprint density at radius 3 is 2.05 bits per heavy atom. The first-order valence-electron chi connectivity index (χ1n) is 5.19. The van der Waals surface area contributed by atoms with Crippen molar-refractivity contribution < 1.29 is 31.1 Å². The molecule has 0 aliphatic carbocycles. The van der Waals surface area contributed by atoms with E-state index >= 15 is 0 Å². The molecular weight excluding hydrogens is 288 g/mol. The average molecular weight is 297 g/mol. The van der Waals surface area contributed by atoms with E-state index in [1.165, 1.54) is 6.92 Å². The van der Waals surface area contributed by atoms with Crippen LogP contribution in [-0.2, 0) is 17.1 Å². The fourth-order valence-corrected chi connectivity index (χ4v) is 1.43. The molecule has 2 nitrogen and oxygen atoms in total. The molecule has 1 aromatic rings. The van der Waals surface area contributed by atoms with Crippen LogP contribution in [0.15, 0.2) is 30.4 Å². The third-order valence-corrected chi connectivity index (χ3v) is 2.29. The standard InChI is InChI=1S/C12H9F6NO/c1-6(2)10(20)19-8-5-3-4-7(11(13,14)15)9(8)12(16,17)18/h3-5H,1H2,2H3,(H,19,20). The van der Waals surface area contributed by atoms with Crippen molar-refractivity contribution in [3.05, 3.63) is 41.5 Å². The molecule has 0 saturated carbocycles. The zero-order valence-corrected chi connectivity index (χ0v) is 10.1. The summed E-state index contributed by atoms with van der Waals surface area (Å²) < 4.78 is 76.3. The fraction of sp³-hybridized carbons (Fsp3) is 0.250. The van der Waals surface area contributed by atoms with E-state index in [-0.39, 0.29) is 5.57 Å². The zero-order valence-electron chi connectivity index (χ0n) is 10.1. The van der Waals surface area contributed by atoms with Crippen LogP contribution in [0.2, 0.25) is 0 Å². The van der Waals surface area contributed by atoms with E-state index in [0.717, 1.165) is 12.1 Å². The van der Waals surface area contributed by atoms with E-state index in [1.807, 2.05) is 0 Å². The normalized spacial score (nSPS) is 12.2. The molecule has 0 aromatic heterocycles. The molecule has 20 heavy (non-hydrogen) atoms. The quantitative estimate of drug-likeness (QED) is 0.642. The van der Waals surface area contributed by atoms with Gasteiger partial charge in [-0.3, -0.25) is 4.79 Å². The minimum Gasteiger partial charge on any atom is -0.322 e. The minimum atomic E-state index is -5.26. The van der Waals surface area contributed by atoms with Crippen LogP contribution in [0.1, 0.15) is 18.1 Å².